The maximum atomic E-state index is 13.0. The largest absolute Gasteiger partial charge is 0.451 e. The molecule has 0 radical (unpaired) electrons. The van der Waals surface area contributed by atoms with E-state index in [1.807, 2.05) is 30.3 Å². The summed E-state index contributed by atoms with van der Waals surface area (Å²) in [5.41, 5.74) is 1.04. The molecule has 0 unspecified atom stereocenters. The Hall–Kier alpha value is -3.36. The molecule has 0 bridgehead atoms. The average molecular weight is 440 g/mol. The number of nitrogens with zero attached hydrogens (tertiary/aromatic N) is 2. The van der Waals surface area contributed by atoms with Gasteiger partial charge in [-0.25, -0.2) is 0 Å². The van der Waals surface area contributed by atoms with Gasteiger partial charge in [0.1, 0.15) is 17.5 Å². The lowest BCUT2D eigenvalue weighted by Gasteiger charge is -2.06. The summed E-state index contributed by atoms with van der Waals surface area (Å²) in [5, 5.41) is 15.2. The van der Waals surface area contributed by atoms with Crippen molar-refractivity contribution in [2.75, 3.05) is 5.32 Å². The molecule has 0 aliphatic rings. The van der Waals surface area contributed by atoms with Gasteiger partial charge in [-0.2, -0.15) is 0 Å². The van der Waals surface area contributed by atoms with Gasteiger partial charge in [-0.15, -0.1) is 11.8 Å². The number of carbonyl (C=O) groups excluding carboxylic acids is 1. The Balaban J connectivity index is 1.66. The van der Waals surface area contributed by atoms with Crippen LogP contribution in [-0.2, 0) is 5.75 Å². The molecule has 0 saturated carbocycles. The number of rotatable bonds is 6. The molecule has 0 fully saturated rings. The topological polar surface area (TPSA) is 98.3 Å². The third kappa shape index (κ3) is 4.14. The summed E-state index contributed by atoms with van der Waals surface area (Å²) in [6.07, 6.45) is 2.46. The van der Waals surface area contributed by atoms with Gasteiger partial charge in [0.05, 0.1) is 4.92 Å². The molecule has 2 heterocycles. The van der Waals surface area contributed by atoms with Crippen molar-refractivity contribution >= 4 is 51.6 Å². The van der Waals surface area contributed by atoms with Crippen LogP contribution in [0.25, 0.3) is 11.0 Å². The predicted octanol–water partition coefficient (Wildman–Crippen LogP) is 5.93. The van der Waals surface area contributed by atoms with Gasteiger partial charge < -0.3 is 9.73 Å². The molecule has 2 aromatic carbocycles. The third-order valence-electron chi connectivity index (χ3n) is 4.35. The first-order chi connectivity index (χ1) is 14.5. The van der Waals surface area contributed by atoms with E-state index >= 15 is 0 Å². The fraction of sp³-hybridized carbons (Fsp3) is 0.0476. The van der Waals surface area contributed by atoms with Crippen molar-refractivity contribution in [3.63, 3.8) is 0 Å². The number of amides is 1. The summed E-state index contributed by atoms with van der Waals surface area (Å²) in [5.74, 6) is 0.0239. The molecule has 0 atom stereocenters. The number of aromatic nitrogens is 1. The van der Waals surface area contributed by atoms with Crippen molar-refractivity contribution < 1.29 is 14.1 Å². The highest BCUT2D eigenvalue weighted by Crippen LogP contribution is 2.33. The Morgan fingerprint density at radius 3 is 2.70 bits per heavy atom. The number of furan rings is 1. The van der Waals surface area contributed by atoms with Crippen LogP contribution in [0.1, 0.15) is 16.1 Å². The van der Waals surface area contributed by atoms with E-state index < -0.39 is 10.8 Å². The number of halogens is 1. The smallest absolute Gasteiger partial charge is 0.310 e. The van der Waals surface area contributed by atoms with E-state index in [2.05, 4.69) is 10.3 Å². The molecule has 0 aliphatic heterocycles. The second-order valence-corrected chi connectivity index (χ2v) is 7.74. The average Bonchev–Trinajstić information content (AvgIpc) is 3.12. The van der Waals surface area contributed by atoms with Crippen LogP contribution < -0.4 is 5.32 Å². The summed E-state index contributed by atoms with van der Waals surface area (Å²) in [7, 11) is 0. The summed E-state index contributed by atoms with van der Waals surface area (Å²) >= 11 is 7.47. The van der Waals surface area contributed by atoms with Gasteiger partial charge >= 0.3 is 5.69 Å². The van der Waals surface area contributed by atoms with Crippen molar-refractivity contribution in [3.8, 4) is 0 Å². The quantitative estimate of drug-likeness (QED) is 0.227. The molecule has 30 heavy (non-hydrogen) atoms. The molecular weight excluding hydrogens is 426 g/mol. The van der Waals surface area contributed by atoms with Gasteiger partial charge in [0, 0.05) is 32.8 Å². The standard InChI is InChI=1S/C21H14ClN3O4S/c22-13-5-7-14(8-6-13)30-12-16-15-3-1-2-4-19(15)29-20(16)21(26)24-17-9-10-23-11-18(17)25(27)28/h1-11H,12H2,(H,23,24,26). The number of thioether (sulfide) groups is 1. The number of pyridine rings is 1. The number of para-hydroxylation sites is 1. The van der Waals surface area contributed by atoms with Gasteiger partial charge in [0.25, 0.3) is 5.91 Å². The van der Waals surface area contributed by atoms with Gasteiger partial charge in [-0.1, -0.05) is 29.8 Å². The van der Waals surface area contributed by atoms with E-state index in [0.717, 1.165) is 16.5 Å². The van der Waals surface area contributed by atoms with E-state index in [1.54, 1.807) is 18.2 Å². The molecule has 0 saturated heterocycles. The van der Waals surface area contributed by atoms with Crippen LogP contribution in [0.5, 0.6) is 0 Å². The fourth-order valence-corrected chi connectivity index (χ4v) is 3.98. The number of anilines is 1. The van der Waals surface area contributed by atoms with Crippen molar-refractivity contribution in [3.05, 3.63) is 93.5 Å². The Bertz CT molecular complexity index is 1240. The number of benzene rings is 2. The number of fused-ring (bicyclic) bond motifs is 1. The lowest BCUT2D eigenvalue weighted by Crippen LogP contribution is -2.14. The van der Waals surface area contributed by atoms with Crippen molar-refractivity contribution in [1.82, 2.24) is 4.98 Å². The summed E-state index contributed by atoms with van der Waals surface area (Å²) in [6, 6.07) is 16.1. The number of carbonyl (C=O) groups is 1. The zero-order valence-electron chi connectivity index (χ0n) is 15.4. The first-order valence-corrected chi connectivity index (χ1v) is 10.2. The van der Waals surface area contributed by atoms with Gasteiger partial charge in [-0.3, -0.25) is 19.9 Å². The van der Waals surface area contributed by atoms with Crippen LogP contribution in [-0.4, -0.2) is 15.8 Å². The lowest BCUT2D eigenvalue weighted by molar-refractivity contribution is -0.384. The zero-order chi connectivity index (χ0) is 21.1. The van der Waals surface area contributed by atoms with Gasteiger partial charge in [0.15, 0.2) is 5.76 Å². The minimum atomic E-state index is -0.599. The van der Waals surface area contributed by atoms with Crippen LogP contribution >= 0.6 is 23.4 Å². The molecule has 7 nitrogen and oxygen atoms in total. The van der Waals surface area contributed by atoms with Crippen LogP contribution in [0, 0.1) is 10.1 Å². The first kappa shape index (κ1) is 19.9. The Kier molecular flexibility index (Phi) is 5.69. The zero-order valence-corrected chi connectivity index (χ0v) is 16.9. The normalized spacial score (nSPS) is 10.8. The predicted molar refractivity (Wildman–Crippen MR) is 116 cm³/mol. The molecular formula is C21H14ClN3O4S. The SMILES string of the molecule is O=C(Nc1ccncc1[N+](=O)[O-])c1oc2ccccc2c1CSc1ccc(Cl)cc1. The molecule has 2 aromatic heterocycles. The Morgan fingerprint density at radius 1 is 1.17 bits per heavy atom. The van der Waals surface area contributed by atoms with Crippen molar-refractivity contribution in [2.45, 2.75) is 10.6 Å². The number of nitro groups is 1. The molecule has 0 spiro atoms. The van der Waals surface area contributed by atoms with Crippen LogP contribution in [0.15, 0.2) is 76.3 Å². The van der Waals surface area contributed by atoms with E-state index in [4.69, 9.17) is 16.0 Å². The van der Waals surface area contributed by atoms with E-state index in [0.29, 0.717) is 21.9 Å². The second kappa shape index (κ2) is 8.56. The summed E-state index contributed by atoms with van der Waals surface area (Å²) in [4.78, 5) is 28.3. The van der Waals surface area contributed by atoms with Crippen LogP contribution in [0.4, 0.5) is 11.4 Å². The third-order valence-corrected chi connectivity index (χ3v) is 5.64. The second-order valence-electron chi connectivity index (χ2n) is 6.25. The van der Waals surface area contributed by atoms with E-state index in [-0.39, 0.29) is 17.1 Å². The molecule has 1 amide bonds. The maximum absolute atomic E-state index is 13.0. The molecule has 9 heteroatoms. The first-order valence-electron chi connectivity index (χ1n) is 8.81. The van der Waals surface area contributed by atoms with Gasteiger partial charge in [0.2, 0.25) is 0 Å². The molecule has 150 valence electrons. The Labute approximate surface area is 180 Å². The number of hydrogen-bond acceptors (Lipinski definition) is 6. The lowest BCUT2D eigenvalue weighted by atomic mass is 10.1. The highest BCUT2D eigenvalue weighted by atomic mass is 35.5. The molecule has 4 aromatic rings. The van der Waals surface area contributed by atoms with E-state index in [9.17, 15) is 14.9 Å². The minimum absolute atomic E-state index is 0.0526. The molecule has 4 rings (SSSR count). The summed E-state index contributed by atoms with van der Waals surface area (Å²) in [6.45, 7) is 0. The molecule has 0 aliphatic carbocycles. The van der Waals surface area contributed by atoms with Crippen LogP contribution in [0.3, 0.4) is 0 Å². The van der Waals surface area contributed by atoms with Gasteiger partial charge in [-0.05, 0) is 36.4 Å². The van der Waals surface area contributed by atoms with Crippen molar-refractivity contribution in [2.24, 2.45) is 0 Å². The Morgan fingerprint density at radius 2 is 1.93 bits per heavy atom. The highest BCUT2D eigenvalue weighted by Gasteiger charge is 2.23. The minimum Gasteiger partial charge on any atom is -0.451 e. The highest BCUT2D eigenvalue weighted by molar-refractivity contribution is 7.98. The van der Waals surface area contributed by atoms with E-state index in [1.165, 1.54) is 24.0 Å². The summed E-state index contributed by atoms with van der Waals surface area (Å²) < 4.78 is 5.81. The maximum Gasteiger partial charge on any atom is 0.310 e. The number of hydrogen-bond donors (Lipinski definition) is 1. The fourth-order valence-electron chi connectivity index (χ4n) is 2.93. The monoisotopic (exact) mass is 439 g/mol. The number of nitrogens with one attached hydrogen (secondary N) is 1. The van der Waals surface area contributed by atoms with Crippen LogP contribution in [0.2, 0.25) is 5.02 Å². The molecule has 1 N–H and O–H groups in total. The van der Waals surface area contributed by atoms with Crippen molar-refractivity contribution in [1.29, 1.82) is 0 Å².